The molecule has 3 N–H and O–H groups in total. The third-order valence-corrected chi connectivity index (χ3v) is 3.61. The quantitative estimate of drug-likeness (QED) is 0.342. The summed E-state index contributed by atoms with van der Waals surface area (Å²) in [5, 5.41) is 0. The van der Waals surface area contributed by atoms with E-state index >= 15 is 0 Å². The van der Waals surface area contributed by atoms with E-state index in [1.807, 2.05) is 0 Å². The standard InChI is InChI=1S/C2H2Cl3.Na.H3O4P/c1-2(3,4)5;;1-5(2,3)4/h1H2;;(H3,1,2,3,4). The van der Waals surface area contributed by atoms with Crippen LogP contribution in [0, 0.1) is 0 Å². The summed E-state index contributed by atoms with van der Waals surface area (Å²) in [6, 6.07) is 0. The van der Waals surface area contributed by atoms with Gasteiger partial charge in [0.15, 0.2) is 0 Å². The molecule has 0 aliphatic carbocycles. The zero-order valence-corrected chi connectivity index (χ0v) is 10.7. The molecule has 9 heteroatoms. The number of rotatable bonds is 0. The molecule has 11 heavy (non-hydrogen) atoms. The number of alkyl halides is 3. The van der Waals surface area contributed by atoms with Crippen LogP contribution >= 0.6 is 42.6 Å². The predicted molar refractivity (Wildman–Crippen MR) is 45.1 cm³/mol. The van der Waals surface area contributed by atoms with E-state index in [1.54, 1.807) is 0 Å². The third-order valence-electron chi connectivity index (χ3n) is 0.401. The summed E-state index contributed by atoms with van der Waals surface area (Å²) in [7, 11) is -4.64. The van der Waals surface area contributed by atoms with Gasteiger partial charge in [-0.15, -0.1) is 0 Å². The molecule has 0 fully saturated rings. The van der Waals surface area contributed by atoms with Crippen molar-refractivity contribution in [1.82, 2.24) is 0 Å². The van der Waals surface area contributed by atoms with Crippen LogP contribution in [0.5, 0.6) is 0 Å². The molecule has 0 spiro atoms. The molecule has 0 aliphatic rings. The predicted octanol–water partition coefficient (Wildman–Crippen LogP) is 1.01. The Kier molecular flexibility index (Phi) is 9.04. The maximum absolute atomic E-state index is 8.88. The van der Waals surface area contributed by atoms with Crippen molar-refractivity contribution in [1.29, 1.82) is 0 Å². The van der Waals surface area contributed by atoms with Crippen LogP contribution in [0.1, 0.15) is 0 Å². The van der Waals surface area contributed by atoms with Gasteiger partial charge in [-0.1, -0.05) is 0 Å². The second-order valence-corrected chi connectivity index (χ2v) is 5.73. The van der Waals surface area contributed by atoms with Crippen LogP contribution in [0.2, 0.25) is 3.67 Å². The summed E-state index contributed by atoms with van der Waals surface area (Å²) < 4.78 is 8.61. The van der Waals surface area contributed by atoms with Gasteiger partial charge in [-0.2, -0.15) is 0 Å². The molecule has 0 aromatic heterocycles. The van der Waals surface area contributed by atoms with Crippen molar-refractivity contribution in [2.75, 3.05) is 0 Å². The molecule has 0 saturated carbocycles. The van der Waals surface area contributed by atoms with E-state index in [0.717, 1.165) is 27.9 Å². The number of hydrogen-bond acceptors (Lipinski definition) is 1. The first kappa shape index (κ1) is 15.5. The van der Waals surface area contributed by atoms with E-state index < -0.39 is 11.6 Å². The van der Waals surface area contributed by atoms with Crippen molar-refractivity contribution in [2.45, 2.75) is 7.46 Å². The van der Waals surface area contributed by atoms with Crippen molar-refractivity contribution in [3.63, 3.8) is 0 Å². The first-order valence-corrected chi connectivity index (χ1v) is 6.52. The molecule has 0 unspecified atom stereocenters. The Balaban J connectivity index is 0. The molecule has 4 nitrogen and oxygen atoms in total. The van der Waals surface area contributed by atoms with Crippen LogP contribution in [-0.2, 0) is 4.57 Å². The van der Waals surface area contributed by atoms with Gasteiger partial charge < -0.3 is 14.7 Å². The number of phosphoric acid groups is 1. The van der Waals surface area contributed by atoms with Crippen LogP contribution in [-0.4, -0.2) is 46.4 Å². The van der Waals surface area contributed by atoms with Crippen LogP contribution in [0.15, 0.2) is 0 Å². The van der Waals surface area contributed by atoms with Gasteiger partial charge in [0.1, 0.15) is 0 Å². The Morgan fingerprint density at radius 1 is 1.27 bits per heavy atom. The Bertz CT molecular complexity index is 132. The van der Waals surface area contributed by atoms with Crippen molar-refractivity contribution >= 4 is 70.6 Å². The Morgan fingerprint density at radius 3 is 1.36 bits per heavy atom. The van der Waals surface area contributed by atoms with Gasteiger partial charge in [-0.05, 0) is 0 Å². The molecule has 0 amide bonds. The Labute approximate surface area is 96.5 Å². The summed E-state index contributed by atoms with van der Waals surface area (Å²) in [5.74, 6) is 0. The van der Waals surface area contributed by atoms with Crippen LogP contribution in [0.3, 0.4) is 0 Å². The van der Waals surface area contributed by atoms with E-state index in [4.69, 9.17) is 54.0 Å². The van der Waals surface area contributed by atoms with Gasteiger partial charge >= 0.3 is 78.0 Å². The van der Waals surface area contributed by atoms with Gasteiger partial charge in [0.05, 0.1) is 0 Å². The Hall–Kier alpha value is 1.98. The van der Waals surface area contributed by atoms with Crippen LogP contribution in [0.4, 0.5) is 0 Å². The molecule has 0 heterocycles. The third kappa shape index (κ3) is 48.1. The number of hydrogen-bond donors (Lipinski definition) is 3. The van der Waals surface area contributed by atoms with E-state index in [9.17, 15) is 0 Å². The van der Waals surface area contributed by atoms with Crippen molar-refractivity contribution in [2.24, 2.45) is 0 Å². The fourth-order valence-electron chi connectivity index (χ4n) is 0. The normalized spacial score (nSPS) is 12.0. The van der Waals surface area contributed by atoms with Gasteiger partial charge in [0.2, 0.25) is 0 Å². The minimum atomic E-state index is -4.64. The van der Waals surface area contributed by atoms with Crippen molar-refractivity contribution in [3.8, 4) is 0 Å². The zero-order valence-electron chi connectivity index (χ0n) is 5.54. The molecule has 0 aromatic rings. The average Bonchev–Trinajstić information content (AvgIpc) is 1.59. The molecule has 0 radical (unpaired) electrons. The molecule has 0 rings (SSSR count). The maximum atomic E-state index is 8.88. The molecule has 0 aromatic carbocycles. The topological polar surface area (TPSA) is 77.8 Å². The fourth-order valence-corrected chi connectivity index (χ4v) is 0. The molecular formula is C2H5Cl3NaO4P. The molecule has 0 saturated heterocycles. The van der Waals surface area contributed by atoms with Crippen LogP contribution in [0.25, 0.3) is 0 Å². The fraction of sp³-hybridized carbons (Fsp3) is 1.00. The van der Waals surface area contributed by atoms with E-state index in [1.165, 1.54) is 0 Å². The molecule has 0 atom stereocenters. The van der Waals surface area contributed by atoms with Crippen LogP contribution < -0.4 is 0 Å². The number of halogens is 3. The Morgan fingerprint density at radius 2 is 1.36 bits per heavy atom. The first-order valence-electron chi connectivity index (χ1n) is 2.41. The molecular weight excluding hydrogens is 248 g/mol. The summed E-state index contributed by atoms with van der Waals surface area (Å²) >= 11 is 16.8. The summed E-state index contributed by atoms with van der Waals surface area (Å²) in [5.41, 5.74) is 0. The molecule has 0 bridgehead atoms. The van der Waals surface area contributed by atoms with Gasteiger partial charge in [-0.3, -0.25) is 0 Å². The van der Waals surface area contributed by atoms with E-state index in [0.29, 0.717) is 3.67 Å². The average molecular weight is 253 g/mol. The van der Waals surface area contributed by atoms with Crippen molar-refractivity contribution in [3.05, 3.63) is 0 Å². The molecule has 0 aliphatic heterocycles. The summed E-state index contributed by atoms with van der Waals surface area (Å²) in [4.78, 5) is 21.6. The molecule has 64 valence electrons. The SMILES string of the molecule is O=P(O)(O)O.[Na][CH2]C(Cl)(Cl)Cl. The van der Waals surface area contributed by atoms with Gasteiger partial charge in [-0.25, -0.2) is 4.57 Å². The van der Waals surface area contributed by atoms with Gasteiger partial charge in [0, 0.05) is 0 Å². The second-order valence-electron chi connectivity index (χ2n) is 1.48. The van der Waals surface area contributed by atoms with E-state index in [-0.39, 0.29) is 0 Å². The first-order chi connectivity index (χ1) is 4.56. The van der Waals surface area contributed by atoms with E-state index in [2.05, 4.69) is 0 Å². The van der Waals surface area contributed by atoms with Gasteiger partial charge in [0.25, 0.3) is 0 Å². The minimum absolute atomic E-state index is 0.706. The summed E-state index contributed by atoms with van der Waals surface area (Å²) in [6.07, 6.45) is 0. The zero-order chi connectivity index (χ0) is 9.71. The second kappa shape index (κ2) is 6.44. The monoisotopic (exact) mass is 252 g/mol. The summed E-state index contributed by atoms with van der Waals surface area (Å²) in [6.45, 7) is 0. The van der Waals surface area contributed by atoms with Crippen molar-refractivity contribution < 1.29 is 19.2 Å².